The molecule has 1 aliphatic heterocycles. The zero-order valence-corrected chi connectivity index (χ0v) is 11.8. The van der Waals surface area contributed by atoms with Crippen molar-refractivity contribution in [3.63, 3.8) is 0 Å². The normalized spacial score (nSPS) is 38.1. The molecule has 0 spiro atoms. The number of aliphatic hydroxyl groups is 8. The molecule has 1 fully saturated rings. The summed E-state index contributed by atoms with van der Waals surface area (Å²) >= 11 is 0. The molecule has 8 N–H and O–H groups in total. The molecule has 0 saturated carbocycles. The number of carbonyl (C=O) groups excluding carboxylic acids is 1. The maximum atomic E-state index is 12.0. The van der Waals surface area contributed by atoms with E-state index in [-0.39, 0.29) is 0 Å². The number of aliphatic hydroxyl groups excluding tert-OH is 8. The standard InChI is InChI=1S/C12H22O10/c1-3(14)5(15)7(17)9(19)11(21)12-10(20)8(18)6(16)4(2-13)22-12/h3-10,12-20H,2H2,1H3/t3?,4-,5?,6-,7?,8+,9?,10-,12+/m1/s1. The second-order valence-corrected chi connectivity index (χ2v) is 5.32. The van der Waals surface area contributed by atoms with Crippen molar-refractivity contribution >= 4 is 5.78 Å². The summed E-state index contributed by atoms with van der Waals surface area (Å²) in [6.45, 7) is 0.364. The van der Waals surface area contributed by atoms with E-state index in [4.69, 9.17) is 14.9 Å². The molecule has 1 saturated heterocycles. The molecule has 0 bridgehead atoms. The van der Waals surface area contributed by atoms with Crippen molar-refractivity contribution in [2.24, 2.45) is 0 Å². The predicted octanol–water partition coefficient (Wildman–Crippen LogP) is -5.14. The van der Waals surface area contributed by atoms with Crippen LogP contribution in [0.2, 0.25) is 0 Å². The average Bonchev–Trinajstić information content (AvgIpc) is 2.50. The van der Waals surface area contributed by atoms with Crippen LogP contribution in [0.5, 0.6) is 0 Å². The summed E-state index contributed by atoms with van der Waals surface area (Å²) in [6, 6.07) is 0. The maximum absolute atomic E-state index is 12.0. The largest absolute Gasteiger partial charge is 0.394 e. The minimum Gasteiger partial charge on any atom is -0.394 e. The molecule has 0 aromatic heterocycles. The fourth-order valence-electron chi connectivity index (χ4n) is 2.15. The Morgan fingerprint density at radius 3 is 2.00 bits per heavy atom. The van der Waals surface area contributed by atoms with Gasteiger partial charge in [0.05, 0.1) is 12.7 Å². The molecule has 9 atom stereocenters. The molecule has 0 aromatic rings. The molecule has 4 unspecified atom stereocenters. The zero-order valence-electron chi connectivity index (χ0n) is 11.8. The monoisotopic (exact) mass is 326 g/mol. The maximum Gasteiger partial charge on any atom is 0.195 e. The SMILES string of the molecule is CC(O)C(O)C(O)C(O)C(=O)[C@H]1O[C@H](CO)[C@@H](O)[C@H](O)[C@H]1O. The van der Waals surface area contributed by atoms with E-state index >= 15 is 0 Å². The lowest BCUT2D eigenvalue weighted by molar-refractivity contribution is -0.231. The predicted molar refractivity (Wildman–Crippen MR) is 68.5 cm³/mol. The summed E-state index contributed by atoms with van der Waals surface area (Å²) in [4.78, 5) is 12.0. The van der Waals surface area contributed by atoms with Crippen LogP contribution < -0.4 is 0 Å². The van der Waals surface area contributed by atoms with E-state index in [1.807, 2.05) is 0 Å². The molecule has 1 heterocycles. The van der Waals surface area contributed by atoms with Gasteiger partial charge in [-0.05, 0) is 6.92 Å². The average molecular weight is 326 g/mol. The van der Waals surface area contributed by atoms with E-state index in [1.165, 1.54) is 0 Å². The number of carbonyl (C=O) groups is 1. The van der Waals surface area contributed by atoms with E-state index in [0.29, 0.717) is 0 Å². The van der Waals surface area contributed by atoms with Gasteiger partial charge in [0.2, 0.25) is 0 Å². The Bertz CT molecular complexity index is 373. The van der Waals surface area contributed by atoms with Crippen molar-refractivity contribution in [3.05, 3.63) is 0 Å². The van der Waals surface area contributed by atoms with Crippen molar-refractivity contribution in [3.8, 4) is 0 Å². The lowest BCUT2D eigenvalue weighted by Crippen LogP contribution is -2.63. The highest BCUT2D eigenvalue weighted by atomic mass is 16.5. The first-order valence-corrected chi connectivity index (χ1v) is 6.70. The Morgan fingerprint density at radius 2 is 1.55 bits per heavy atom. The molecule has 0 aliphatic carbocycles. The summed E-state index contributed by atoms with van der Waals surface area (Å²) in [6.07, 6.45) is -16.1. The summed E-state index contributed by atoms with van der Waals surface area (Å²) in [5.41, 5.74) is 0. The first kappa shape index (κ1) is 19.4. The van der Waals surface area contributed by atoms with Crippen LogP contribution in [0, 0.1) is 0 Å². The highest BCUT2D eigenvalue weighted by Crippen LogP contribution is 2.23. The smallest absolute Gasteiger partial charge is 0.195 e. The van der Waals surface area contributed by atoms with Crippen molar-refractivity contribution in [2.75, 3.05) is 6.61 Å². The number of ether oxygens (including phenoxy) is 1. The van der Waals surface area contributed by atoms with Crippen LogP contribution in [0.4, 0.5) is 0 Å². The van der Waals surface area contributed by atoms with Gasteiger partial charge in [0.25, 0.3) is 0 Å². The van der Waals surface area contributed by atoms with Crippen LogP contribution in [-0.4, -0.2) is 108 Å². The van der Waals surface area contributed by atoms with E-state index in [0.717, 1.165) is 6.92 Å². The first-order chi connectivity index (χ1) is 10.1. The molecule has 22 heavy (non-hydrogen) atoms. The van der Waals surface area contributed by atoms with Crippen molar-refractivity contribution in [2.45, 2.75) is 61.9 Å². The highest BCUT2D eigenvalue weighted by molar-refractivity contribution is 5.88. The zero-order chi connectivity index (χ0) is 17.2. The second kappa shape index (κ2) is 7.73. The van der Waals surface area contributed by atoms with Gasteiger partial charge in [0.15, 0.2) is 5.78 Å². The number of hydrogen-bond donors (Lipinski definition) is 8. The Kier molecular flexibility index (Phi) is 6.80. The second-order valence-electron chi connectivity index (χ2n) is 5.32. The fraction of sp³-hybridized carbons (Fsp3) is 0.917. The summed E-state index contributed by atoms with van der Waals surface area (Å²) in [5.74, 6) is -1.27. The van der Waals surface area contributed by atoms with Gasteiger partial charge in [0.1, 0.15) is 48.8 Å². The van der Waals surface area contributed by atoms with Crippen LogP contribution in [-0.2, 0) is 9.53 Å². The van der Waals surface area contributed by atoms with Gasteiger partial charge in [-0.1, -0.05) is 0 Å². The Hall–Kier alpha value is -0.690. The van der Waals surface area contributed by atoms with Crippen LogP contribution in [0.1, 0.15) is 6.92 Å². The van der Waals surface area contributed by atoms with E-state index in [9.17, 15) is 35.4 Å². The summed E-state index contributed by atoms with van der Waals surface area (Å²) in [7, 11) is 0. The third-order valence-electron chi connectivity index (χ3n) is 3.63. The molecule has 0 aromatic carbocycles. The van der Waals surface area contributed by atoms with Gasteiger partial charge in [0, 0.05) is 0 Å². The van der Waals surface area contributed by atoms with Crippen molar-refractivity contribution < 1.29 is 50.4 Å². The van der Waals surface area contributed by atoms with Crippen LogP contribution in [0.3, 0.4) is 0 Å². The third kappa shape index (κ3) is 3.79. The van der Waals surface area contributed by atoms with Gasteiger partial charge in [-0.15, -0.1) is 0 Å². The minimum atomic E-state index is -2.22. The number of rotatable bonds is 6. The van der Waals surface area contributed by atoms with Crippen LogP contribution in [0.25, 0.3) is 0 Å². The molecule has 10 heteroatoms. The molecule has 1 aliphatic rings. The van der Waals surface area contributed by atoms with Gasteiger partial charge >= 0.3 is 0 Å². The van der Waals surface area contributed by atoms with E-state index in [1.54, 1.807) is 0 Å². The first-order valence-electron chi connectivity index (χ1n) is 6.70. The Morgan fingerprint density at radius 1 is 1.00 bits per heavy atom. The van der Waals surface area contributed by atoms with Gasteiger partial charge in [-0.25, -0.2) is 0 Å². The topological polar surface area (TPSA) is 188 Å². The van der Waals surface area contributed by atoms with Gasteiger partial charge in [-0.2, -0.15) is 0 Å². The molecule has 0 radical (unpaired) electrons. The quantitative estimate of drug-likeness (QED) is 0.234. The number of Topliss-reactive ketones (excluding diaryl/α,β-unsaturated/α-hetero) is 1. The summed E-state index contributed by atoms with van der Waals surface area (Å²) < 4.78 is 4.93. The Balaban J connectivity index is 2.86. The van der Waals surface area contributed by atoms with Crippen LogP contribution >= 0.6 is 0 Å². The molecule has 1 rings (SSSR count). The lowest BCUT2D eigenvalue weighted by Gasteiger charge is -2.40. The number of hydrogen-bond acceptors (Lipinski definition) is 10. The highest BCUT2D eigenvalue weighted by Gasteiger charge is 2.49. The van der Waals surface area contributed by atoms with E-state index < -0.39 is 67.3 Å². The lowest BCUT2D eigenvalue weighted by atomic mass is 9.89. The Labute approximate surface area is 125 Å². The minimum absolute atomic E-state index is 0.760. The van der Waals surface area contributed by atoms with Gasteiger partial charge in [-0.3, -0.25) is 4.79 Å². The molecule has 130 valence electrons. The third-order valence-corrected chi connectivity index (χ3v) is 3.63. The van der Waals surface area contributed by atoms with Crippen molar-refractivity contribution in [1.29, 1.82) is 0 Å². The van der Waals surface area contributed by atoms with Crippen molar-refractivity contribution in [1.82, 2.24) is 0 Å². The molecule has 10 nitrogen and oxygen atoms in total. The van der Waals surface area contributed by atoms with Gasteiger partial charge < -0.3 is 45.6 Å². The summed E-state index contributed by atoms with van der Waals surface area (Å²) in [5, 5.41) is 75.7. The van der Waals surface area contributed by atoms with E-state index in [2.05, 4.69) is 0 Å². The van der Waals surface area contributed by atoms with Crippen LogP contribution in [0.15, 0.2) is 0 Å². The number of ketones is 1. The molecular weight excluding hydrogens is 304 g/mol. The fourth-order valence-corrected chi connectivity index (χ4v) is 2.15. The molecule has 0 amide bonds. The molecular formula is C12H22O10.